The number of benzene rings is 1. The van der Waals surface area contributed by atoms with Crippen LogP contribution < -0.4 is 15.2 Å². The van der Waals surface area contributed by atoms with Crippen LogP contribution >= 0.6 is 11.8 Å². The van der Waals surface area contributed by atoms with Gasteiger partial charge in [-0.15, -0.1) is 0 Å². The molecule has 0 aromatic heterocycles. The second-order valence-electron chi connectivity index (χ2n) is 3.59. The zero-order valence-electron chi connectivity index (χ0n) is 10.6. The van der Waals surface area contributed by atoms with Crippen LogP contribution in [0.5, 0.6) is 11.5 Å². The summed E-state index contributed by atoms with van der Waals surface area (Å²) in [5.74, 6) is 2.62. The van der Waals surface area contributed by atoms with E-state index in [4.69, 9.17) is 15.2 Å². The lowest BCUT2D eigenvalue weighted by Crippen LogP contribution is -2.05. The van der Waals surface area contributed by atoms with E-state index in [1.807, 2.05) is 25.1 Å². The molecule has 0 amide bonds. The van der Waals surface area contributed by atoms with Crippen LogP contribution in [0.15, 0.2) is 18.2 Å². The van der Waals surface area contributed by atoms with Gasteiger partial charge in [-0.3, -0.25) is 0 Å². The van der Waals surface area contributed by atoms with Crippen molar-refractivity contribution in [1.82, 2.24) is 0 Å². The number of nitrogens with two attached hydrogens (primary N) is 1. The minimum Gasteiger partial charge on any atom is -0.490 e. The van der Waals surface area contributed by atoms with Crippen LogP contribution in [0.2, 0.25) is 0 Å². The van der Waals surface area contributed by atoms with Gasteiger partial charge < -0.3 is 15.2 Å². The lowest BCUT2D eigenvalue weighted by atomic mass is 10.1. The number of hydrogen-bond acceptors (Lipinski definition) is 4. The van der Waals surface area contributed by atoms with Gasteiger partial charge in [0, 0.05) is 5.75 Å². The number of thioether (sulfide) groups is 1. The van der Waals surface area contributed by atoms with Crippen molar-refractivity contribution in [3.8, 4) is 11.5 Å². The van der Waals surface area contributed by atoms with Crippen LogP contribution in [0.4, 0.5) is 0 Å². The van der Waals surface area contributed by atoms with Gasteiger partial charge in [-0.05, 0) is 43.8 Å². The van der Waals surface area contributed by atoms with Crippen molar-refractivity contribution < 1.29 is 9.47 Å². The van der Waals surface area contributed by atoms with Crippen molar-refractivity contribution in [3.63, 3.8) is 0 Å². The first-order valence-electron chi connectivity index (χ1n) is 5.89. The predicted molar refractivity (Wildman–Crippen MR) is 74.2 cm³/mol. The number of ether oxygens (including phenoxy) is 2. The summed E-state index contributed by atoms with van der Waals surface area (Å²) in [6.45, 7) is 3.97. The van der Waals surface area contributed by atoms with Gasteiger partial charge in [0.2, 0.25) is 0 Å². The van der Waals surface area contributed by atoms with E-state index in [-0.39, 0.29) is 0 Å². The fraction of sp³-hybridized carbons (Fsp3) is 0.538. The molecule has 96 valence electrons. The number of hydrogen-bond donors (Lipinski definition) is 1. The fourth-order valence-electron chi connectivity index (χ4n) is 1.50. The predicted octanol–water partition coefficient (Wildman–Crippen LogP) is 2.33. The Morgan fingerprint density at radius 1 is 1.24 bits per heavy atom. The second kappa shape index (κ2) is 8.25. The molecule has 0 bridgehead atoms. The fourth-order valence-corrected chi connectivity index (χ4v) is 1.75. The largest absolute Gasteiger partial charge is 0.490 e. The van der Waals surface area contributed by atoms with Crippen molar-refractivity contribution in [2.75, 3.05) is 31.8 Å². The second-order valence-corrected chi connectivity index (χ2v) is 4.58. The van der Waals surface area contributed by atoms with E-state index in [2.05, 4.69) is 6.26 Å². The minimum absolute atomic E-state index is 0.644. The average Bonchev–Trinajstić information content (AvgIpc) is 2.33. The van der Waals surface area contributed by atoms with Gasteiger partial charge >= 0.3 is 0 Å². The van der Waals surface area contributed by atoms with Crippen molar-refractivity contribution in [2.45, 2.75) is 13.3 Å². The summed E-state index contributed by atoms with van der Waals surface area (Å²) >= 11 is 1.77. The first-order chi connectivity index (χ1) is 8.31. The van der Waals surface area contributed by atoms with E-state index >= 15 is 0 Å². The van der Waals surface area contributed by atoms with Crippen LogP contribution in [-0.2, 0) is 6.42 Å². The summed E-state index contributed by atoms with van der Waals surface area (Å²) in [5.41, 5.74) is 6.73. The maximum absolute atomic E-state index is 5.69. The molecule has 0 aliphatic rings. The summed E-state index contributed by atoms with van der Waals surface area (Å²) < 4.78 is 11.3. The normalized spacial score (nSPS) is 10.3. The highest BCUT2D eigenvalue weighted by atomic mass is 32.2. The Bertz CT molecular complexity index is 331. The molecule has 17 heavy (non-hydrogen) atoms. The quantitative estimate of drug-likeness (QED) is 0.724. The first kappa shape index (κ1) is 14.2. The molecule has 0 saturated heterocycles. The molecule has 2 N–H and O–H groups in total. The maximum Gasteiger partial charge on any atom is 0.161 e. The van der Waals surface area contributed by atoms with Crippen molar-refractivity contribution in [3.05, 3.63) is 23.8 Å². The Morgan fingerprint density at radius 2 is 2.06 bits per heavy atom. The highest BCUT2D eigenvalue weighted by Gasteiger charge is 2.06. The summed E-state index contributed by atoms with van der Waals surface area (Å²) in [6.07, 6.45) is 2.93. The van der Waals surface area contributed by atoms with Gasteiger partial charge in [0.15, 0.2) is 11.5 Å². The van der Waals surface area contributed by atoms with Crippen molar-refractivity contribution >= 4 is 11.8 Å². The smallest absolute Gasteiger partial charge is 0.161 e. The van der Waals surface area contributed by atoms with Crippen LogP contribution in [0, 0.1) is 0 Å². The molecule has 3 nitrogen and oxygen atoms in total. The Labute approximate surface area is 108 Å². The Hall–Kier alpha value is -0.870. The van der Waals surface area contributed by atoms with Crippen molar-refractivity contribution in [1.29, 1.82) is 0 Å². The molecule has 4 heteroatoms. The molecular weight excluding hydrogens is 234 g/mol. The zero-order valence-corrected chi connectivity index (χ0v) is 11.4. The Balaban J connectivity index is 2.72. The monoisotopic (exact) mass is 255 g/mol. The van der Waals surface area contributed by atoms with E-state index in [9.17, 15) is 0 Å². The van der Waals surface area contributed by atoms with Gasteiger partial charge in [-0.25, -0.2) is 0 Å². The first-order valence-corrected chi connectivity index (χ1v) is 7.28. The summed E-state index contributed by atoms with van der Waals surface area (Å²) in [5, 5.41) is 0. The minimum atomic E-state index is 0.644. The lowest BCUT2D eigenvalue weighted by Gasteiger charge is -2.13. The molecule has 0 heterocycles. The third-order valence-electron chi connectivity index (χ3n) is 2.29. The SMILES string of the molecule is CCOc1cc(CCN)ccc1OCCSC. The summed E-state index contributed by atoms with van der Waals surface area (Å²) in [7, 11) is 0. The molecule has 0 aliphatic carbocycles. The van der Waals surface area contributed by atoms with E-state index in [1.165, 1.54) is 5.56 Å². The number of rotatable bonds is 8. The van der Waals surface area contributed by atoms with E-state index in [1.54, 1.807) is 11.8 Å². The Kier molecular flexibility index (Phi) is 6.89. The van der Waals surface area contributed by atoms with Crippen LogP contribution in [-0.4, -0.2) is 31.8 Å². The Morgan fingerprint density at radius 3 is 2.71 bits per heavy atom. The van der Waals surface area contributed by atoms with Crippen LogP contribution in [0.1, 0.15) is 12.5 Å². The van der Waals surface area contributed by atoms with Gasteiger partial charge in [0.1, 0.15) is 0 Å². The van der Waals surface area contributed by atoms with Crippen LogP contribution in [0.25, 0.3) is 0 Å². The lowest BCUT2D eigenvalue weighted by molar-refractivity contribution is 0.289. The van der Waals surface area contributed by atoms with E-state index < -0.39 is 0 Å². The molecule has 0 spiro atoms. The molecule has 0 saturated carbocycles. The molecule has 0 radical (unpaired) electrons. The average molecular weight is 255 g/mol. The van der Waals surface area contributed by atoms with Crippen molar-refractivity contribution in [2.24, 2.45) is 5.73 Å². The molecule has 1 rings (SSSR count). The molecule has 0 unspecified atom stereocenters. The molecule has 1 aromatic rings. The third-order valence-corrected chi connectivity index (χ3v) is 2.86. The highest BCUT2D eigenvalue weighted by Crippen LogP contribution is 2.28. The third kappa shape index (κ3) is 4.88. The van der Waals surface area contributed by atoms with E-state index in [0.29, 0.717) is 19.8 Å². The summed E-state index contributed by atoms with van der Waals surface area (Å²) in [6, 6.07) is 6.03. The van der Waals surface area contributed by atoms with Gasteiger partial charge in [-0.2, -0.15) is 11.8 Å². The highest BCUT2D eigenvalue weighted by molar-refractivity contribution is 7.98. The zero-order chi connectivity index (χ0) is 12.5. The molecule has 0 fully saturated rings. The summed E-state index contributed by atoms with van der Waals surface area (Å²) in [4.78, 5) is 0. The maximum atomic E-state index is 5.69. The molecule has 1 aromatic carbocycles. The van der Waals surface area contributed by atoms with E-state index in [0.717, 1.165) is 23.7 Å². The van der Waals surface area contributed by atoms with Crippen LogP contribution in [0.3, 0.4) is 0 Å². The molecular formula is C13H21NO2S. The van der Waals surface area contributed by atoms with Gasteiger partial charge in [0.05, 0.1) is 13.2 Å². The standard InChI is InChI=1S/C13H21NO2S/c1-3-15-13-10-11(6-7-14)4-5-12(13)16-8-9-17-2/h4-5,10H,3,6-9,14H2,1-2H3. The molecule has 0 aliphatic heterocycles. The van der Waals surface area contributed by atoms with Gasteiger partial charge in [0.25, 0.3) is 0 Å². The molecule has 0 atom stereocenters. The van der Waals surface area contributed by atoms with Gasteiger partial charge in [-0.1, -0.05) is 6.07 Å². The topological polar surface area (TPSA) is 44.5 Å².